The minimum absolute atomic E-state index is 0.205. The van der Waals surface area contributed by atoms with Crippen LogP contribution < -0.4 is 4.74 Å². The molecular weight excluding hydrogens is 236 g/mol. The molecule has 2 aromatic heterocycles. The Morgan fingerprint density at radius 1 is 1.24 bits per heavy atom. The summed E-state index contributed by atoms with van der Waals surface area (Å²) in [6.07, 6.45) is 1.44. The third-order valence-corrected chi connectivity index (χ3v) is 3.24. The molecule has 0 saturated carbocycles. The van der Waals surface area contributed by atoms with Gasteiger partial charge >= 0.3 is 5.97 Å². The zero-order valence-electron chi connectivity index (χ0n) is 8.75. The molecule has 3 nitrogen and oxygen atoms in total. The van der Waals surface area contributed by atoms with Crippen LogP contribution in [-0.4, -0.2) is 5.97 Å². The van der Waals surface area contributed by atoms with Gasteiger partial charge in [0, 0.05) is 4.70 Å². The number of rotatable bonds is 2. The Labute approximate surface area is 101 Å². The Hall–Kier alpha value is -2.07. The van der Waals surface area contributed by atoms with Gasteiger partial charge in [-0.1, -0.05) is 0 Å². The maximum Gasteiger partial charge on any atom is 0.379 e. The fourth-order valence-electron chi connectivity index (χ4n) is 1.55. The molecule has 84 valence electrons. The molecule has 1 aromatic carbocycles. The van der Waals surface area contributed by atoms with Crippen molar-refractivity contribution in [2.45, 2.75) is 0 Å². The van der Waals surface area contributed by atoms with E-state index >= 15 is 0 Å². The number of thiophene rings is 1. The van der Waals surface area contributed by atoms with Gasteiger partial charge in [-0.05, 0) is 47.2 Å². The Morgan fingerprint density at radius 3 is 3.00 bits per heavy atom. The van der Waals surface area contributed by atoms with E-state index < -0.39 is 5.97 Å². The lowest BCUT2D eigenvalue weighted by Gasteiger charge is -2.01. The van der Waals surface area contributed by atoms with Crippen molar-refractivity contribution in [3.05, 3.63) is 53.8 Å². The molecule has 0 bridgehead atoms. The third kappa shape index (κ3) is 1.94. The molecule has 0 saturated heterocycles. The Morgan fingerprint density at radius 2 is 2.18 bits per heavy atom. The number of hydrogen-bond donors (Lipinski definition) is 0. The highest BCUT2D eigenvalue weighted by Gasteiger charge is 2.11. The largest absolute Gasteiger partial charge is 0.457 e. The number of benzene rings is 1. The summed E-state index contributed by atoms with van der Waals surface area (Å²) in [7, 11) is 0. The van der Waals surface area contributed by atoms with Crippen molar-refractivity contribution >= 4 is 27.4 Å². The van der Waals surface area contributed by atoms with Gasteiger partial charge in [0.15, 0.2) is 0 Å². The first kappa shape index (κ1) is 10.1. The molecule has 0 amide bonds. The first-order valence-corrected chi connectivity index (χ1v) is 5.94. The molecule has 0 radical (unpaired) electrons. The van der Waals surface area contributed by atoms with Crippen molar-refractivity contribution < 1.29 is 13.9 Å². The zero-order chi connectivity index (χ0) is 11.7. The first-order chi connectivity index (χ1) is 8.33. The molecule has 0 aliphatic rings. The van der Waals surface area contributed by atoms with E-state index in [1.54, 1.807) is 29.5 Å². The summed E-state index contributed by atoms with van der Waals surface area (Å²) in [5, 5.41) is 3.15. The van der Waals surface area contributed by atoms with E-state index in [1.807, 2.05) is 23.6 Å². The number of fused-ring (bicyclic) bond motifs is 1. The van der Waals surface area contributed by atoms with Crippen LogP contribution in [0.1, 0.15) is 10.6 Å². The molecule has 4 heteroatoms. The smallest absolute Gasteiger partial charge is 0.379 e. The monoisotopic (exact) mass is 244 g/mol. The van der Waals surface area contributed by atoms with E-state index in [4.69, 9.17) is 9.15 Å². The topological polar surface area (TPSA) is 39.4 Å². The number of esters is 1. The quantitative estimate of drug-likeness (QED) is 0.509. The summed E-state index contributed by atoms with van der Waals surface area (Å²) in [5.41, 5.74) is 0. The molecule has 2 heterocycles. The standard InChI is InChI=1S/C13H8O3S/c14-13(11-2-1-6-15-11)16-10-4-3-9-5-7-17-12(9)8-10/h1-8H. The van der Waals surface area contributed by atoms with E-state index in [2.05, 4.69) is 0 Å². The normalized spacial score (nSPS) is 10.6. The average molecular weight is 244 g/mol. The Kier molecular flexibility index (Phi) is 2.42. The highest BCUT2D eigenvalue weighted by molar-refractivity contribution is 7.17. The van der Waals surface area contributed by atoms with Crippen molar-refractivity contribution in [1.82, 2.24) is 0 Å². The van der Waals surface area contributed by atoms with Crippen LogP contribution in [0.3, 0.4) is 0 Å². The van der Waals surface area contributed by atoms with Crippen LogP contribution in [-0.2, 0) is 0 Å². The molecule has 0 fully saturated rings. The summed E-state index contributed by atoms with van der Waals surface area (Å²) >= 11 is 1.61. The van der Waals surface area contributed by atoms with Crippen LogP contribution in [0.15, 0.2) is 52.5 Å². The predicted molar refractivity (Wildman–Crippen MR) is 65.5 cm³/mol. The maximum atomic E-state index is 11.6. The molecule has 3 rings (SSSR count). The second kappa shape index (κ2) is 4.07. The van der Waals surface area contributed by atoms with Gasteiger partial charge in [0.2, 0.25) is 5.76 Å². The van der Waals surface area contributed by atoms with Crippen LogP contribution in [0.25, 0.3) is 10.1 Å². The van der Waals surface area contributed by atoms with Crippen LogP contribution in [0.2, 0.25) is 0 Å². The summed E-state index contributed by atoms with van der Waals surface area (Å²) < 4.78 is 11.3. The minimum atomic E-state index is -0.481. The molecule has 0 spiro atoms. The molecule has 0 aliphatic heterocycles. The molecule has 0 atom stereocenters. The van der Waals surface area contributed by atoms with Crippen molar-refractivity contribution in [2.24, 2.45) is 0 Å². The minimum Gasteiger partial charge on any atom is -0.457 e. The highest BCUT2D eigenvalue weighted by atomic mass is 32.1. The predicted octanol–water partition coefficient (Wildman–Crippen LogP) is 3.71. The Bertz CT molecular complexity index is 652. The zero-order valence-corrected chi connectivity index (χ0v) is 9.57. The molecular formula is C13H8O3S. The SMILES string of the molecule is O=C(Oc1ccc2ccsc2c1)c1ccco1. The average Bonchev–Trinajstić information content (AvgIpc) is 2.99. The lowest BCUT2D eigenvalue weighted by Crippen LogP contribution is -2.06. The number of hydrogen-bond acceptors (Lipinski definition) is 4. The summed E-state index contributed by atoms with van der Waals surface area (Å²) in [4.78, 5) is 11.6. The van der Waals surface area contributed by atoms with Gasteiger partial charge in [-0.3, -0.25) is 0 Å². The molecule has 17 heavy (non-hydrogen) atoms. The van der Waals surface area contributed by atoms with Gasteiger partial charge < -0.3 is 9.15 Å². The fourth-order valence-corrected chi connectivity index (χ4v) is 2.37. The van der Waals surface area contributed by atoms with Crippen molar-refractivity contribution in [1.29, 1.82) is 0 Å². The Balaban J connectivity index is 1.87. The molecule has 0 N–H and O–H groups in total. The van der Waals surface area contributed by atoms with Crippen molar-refractivity contribution in [3.63, 3.8) is 0 Å². The van der Waals surface area contributed by atoms with Crippen LogP contribution in [0.5, 0.6) is 5.75 Å². The van der Waals surface area contributed by atoms with Crippen LogP contribution >= 0.6 is 11.3 Å². The lowest BCUT2D eigenvalue weighted by molar-refractivity contribution is 0.0701. The number of ether oxygens (including phenoxy) is 1. The molecule has 3 aromatic rings. The van der Waals surface area contributed by atoms with Crippen LogP contribution in [0, 0.1) is 0 Å². The van der Waals surface area contributed by atoms with Crippen molar-refractivity contribution in [3.8, 4) is 5.75 Å². The lowest BCUT2D eigenvalue weighted by atomic mass is 10.2. The summed E-state index contributed by atoms with van der Waals surface area (Å²) in [6, 6.07) is 10.8. The van der Waals surface area contributed by atoms with Gasteiger partial charge in [0.25, 0.3) is 0 Å². The maximum absolute atomic E-state index is 11.6. The number of furan rings is 1. The second-order valence-electron chi connectivity index (χ2n) is 3.49. The molecule has 0 unspecified atom stereocenters. The first-order valence-electron chi connectivity index (χ1n) is 5.06. The summed E-state index contributed by atoms with van der Waals surface area (Å²) in [6.45, 7) is 0. The van der Waals surface area contributed by atoms with Crippen molar-refractivity contribution in [2.75, 3.05) is 0 Å². The van der Waals surface area contributed by atoms with Gasteiger partial charge in [-0.25, -0.2) is 4.79 Å². The fraction of sp³-hybridized carbons (Fsp3) is 0. The van der Waals surface area contributed by atoms with Gasteiger partial charge in [-0.15, -0.1) is 11.3 Å². The van der Waals surface area contributed by atoms with Gasteiger partial charge in [0.05, 0.1) is 6.26 Å². The second-order valence-corrected chi connectivity index (χ2v) is 4.43. The van der Waals surface area contributed by atoms with E-state index in [9.17, 15) is 4.79 Å². The molecule has 0 aliphatic carbocycles. The van der Waals surface area contributed by atoms with E-state index in [0.29, 0.717) is 5.75 Å². The van der Waals surface area contributed by atoms with E-state index in [-0.39, 0.29) is 5.76 Å². The van der Waals surface area contributed by atoms with Crippen LogP contribution in [0.4, 0.5) is 0 Å². The van der Waals surface area contributed by atoms with Gasteiger partial charge in [0.1, 0.15) is 5.75 Å². The van der Waals surface area contributed by atoms with Gasteiger partial charge in [-0.2, -0.15) is 0 Å². The van der Waals surface area contributed by atoms with E-state index in [0.717, 1.165) is 10.1 Å². The van der Waals surface area contributed by atoms with E-state index in [1.165, 1.54) is 6.26 Å². The number of carbonyl (C=O) groups is 1. The number of carbonyl (C=O) groups excluding carboxylic acids is 1. The third-order valence-electron chi connectivity index (χ3n) is 2.36. The highest BCUT2D eigenvalue weighted by Crippen LogP contribution is 2.25. The summed E-state index contributed by atoms with van der Waals surface area (Å²) in [5.74, 6) is 0.253.